The topological polar surface area (TPSA) is 38.9 Å². The van der Waals surface area contributed by atoms with Crippen molar-refractivity contribution in [3.05, 3.63) is 22.9 Å². The maximum atomic E-state index is 5.76. The number of aromatic nitrogens is 1. The minimum atomic E-state index is 0.617. The molecule has 0 fully saturated rings. The molecule has 1 aliphatic rings. The van der Waals surface area contributed by atoms with Gasteiger partial charge in [0.2, 0.25) is 0 Å². The second kappa shape index (κ2) is 4.99. The lowest BCUT2D eigenvalue weighted by molar-refractivity contribution is 0.883. The molecule has 1 heterocycles. The van der Waals surface area contributed by atoms with Crippen LogP contribution in [-0.2, 0) is 19.4 Å². The van der Waals surface area contributed by atoms with E-state index >= 15 is 0 Å². The van der Waals surface area contributed by atoms with E-state index in [-0.39, 0.29) is 0 Å². The van der Waals surface area contributed by atoms with Crippen molar-refractivity contribution in [2.45, 2.75) is 44.2 Å². The van der Waals surface area contributed by atoms with Crippen LogP contribution in [0.4, 0.5) is 0 Å². The predicted octanol–water partition coefficient (Wildman–Crippen LogP) is 2.53. The van der Waals surface area contributed by atoms with Crippen molar-refractivity contribution >= 4 is 11.8 Å². The van der Waals surface area contributed by atoms with Crippen molar-refractivity contribution in [3.8, 4) is 0 Å². The number of hydrogen-bond donors (Lipinski definition) is 1. The molecule has 0 amide bonds. The number of aryl methyl sites for hydroxylation is 2. The molecule has 0 radical (unpaired) electrons. The van der Waals surface area contributed by atoms with Crippen molar-refractivity contribution in [1.82, 2.24) is 4.98 Å². The molecule has 2 rings (SSSR count). The number of thioether (sulfide) groups is 1. The van der Waals surface area contributed by atoms with Crippen molar-refractivity contribution < 1.29 is 0 Å². The maximum Gasteiger partial charge on any atom is 0.101 e. The summed E-state index contributed by atoms with van der Waals surface area (Å²) in [6.07, 6.45) is 4.79. The standard InChI is InChI=1S/C12H18N2S/c1-2-6-15-12-10(8-13)7-9-4-3-5-11(9)14-12/h7H,2-6,8,13H2,1H3. The fraction of sp³-hybridized carbons (Fsp3) is 0.583. The van der Waals surface area contributed by atoms with Crippen LogP contribution < -0.4 is 5.73 Å². The number of pyridine rings is 1. The van der Waals surface area contributed by atoms with E-state index in [9.17, 15) is 0 Å². The SMILES string of the molecule is CCCSc1nc2c(cc1CN)CCC2. The number of hydrogen-bond acceptors (Lipinski definition) is 3. The first kappa shape index (κ1) is 11.0. The average molecular weight is 222 g/mol. The smallest absolute Gasteiger partial charge is 0.101 e. The maximum absolute atomic E-state index is 5.76. The Bertz CT molecular complexity index is 350. The molecule has 0 spiro atoms. The normalized spacial score (nSPS) is 14.3. The summed E-state index contributed by atoms with van der Waals surface area (Å²) in [7, 11) is 0. The van der Waals surface area contributed by atoms with E-state index < -0.39 is 0 Å². The van der Waals surface area contributed by atoms with Gasteiger partial charge in [-0.25, -0.2) is 4.98 Å². The second-order valence-corrected chi connectivity index (χ2v) is 5.05. The minimum absolute atomic E-state index is 0.617. The fourth-order valence-electron chi connectivity index (χ4n) is 1.97. The first-order chi connectivity index (χ1) is 7.35. The lowest BCUT2D eigenvalue weighted by Gasteiger charge is -2.09. The zero-order valence-corrected chi connectivity index (χ0v) is 10.1. The van der Waals surface area contributed by atoms with Gasteiger partial charge in [-0.3, -0.25) is 0 Å². The molecule has 82 valence electrons. The van der Waals surface area contributed by atoms with Crippen LogP contribution in [0.25, 0.3) is 0 Å². The highest BCUT2D eigenvalue weighted by atomic mass is 32.2. The lowest BCUT2D eigenvalue weighted by atomic mass is 10.1. The van der Waals surface area contributed by atoms with E-state index in [0.29, 0.717) is 6.54 Å². The Hall–Kier alpha value is -0.540. The summed E-state index contributed by atoms with van der Waals surface area (Å²) >= 11 is 1.85. The van der Waals surface area contributed by atoms with Gasteiger partial charge < -0.3 is 5.73 Å². The number of fused-ring (bicyclic) bond motifs is 1. The Morgan fingerprint density at radius 1 is 1.47 bits per heavy atom. The molecule has 15 heavy (non-hydrogen) atoms. The Morgan fingerprint density at radius 2 is 2.33 bits per heavy atom. The van der Waals surface area contributed by atoms with E-state index in [1.54, 1.807) is 0 Å². The fourth-order valence-corrected chi connectivity index (χ4v) is 2.87. The number of nitrogens with two attached hydrogens (primary N) is 1. The molecule has 1 aromatic rings. The van der Waals surface area contributed by atoms with E-state index in [4.69, 9.17) is 10.7 Å². The van der Waals surface area contributed by atoms with Gasteiger partial charge >= 0.3 is 0 Å². The Kier molecular flexibility index (Phi) is 3.65. The third-order valence-corrected chi connectivity index (χ3v) is 3.99. The van der Waals surface area contributed by atoms with E-state index in [0.717, 1.165) is 12.2 Å². The second-order valence-electron chi connectivity index (χ2n) is 3.96. The van der Waals surface area contributed by atoms with Crippen molar-refractivity contribution in [2.24, 2.45) is 5.73 Å². The lowest BCUT2D eigenvalue weighted by Crippen LogP contribution is -2.03. The monoisotopic (exact) mass is 222 g/mol. The zero-order valence-electron chi connectivity index (χ0n) is 9.25. The predicted molar refractivity (Wildman–Crippen MR) is 65.2 cm³/mol. The van der Waals surface area contributed by atoms with Crippen LogP contribution in [-0.4, -0.2) is 10.7 Å². The van der Waals surface area contributed by atoms with Crippen molar-refractivity contribution in [2.75, 3.05) is 5.75 Å². The first-order valence-corrected chi connectivity index (χ1v) is 6.68. The van der Waals surface area contributed by atoms with Crippen LogP contribution in [0, 0.1) is 0 Å². The molecule has 1 aromatic heterocycles. The Labute approximate surface area is 95.7 Å². The molecule has 3 heteroatoms. The molecule has 1 aliphatic carbocycles. The van der Waals surface area contributed by atoms with Crippen LogP contribution >= 0.6 is 11.8 Å². The van der Waals surface area contributed by atoms with Gasteiger partial charge in [0.25, 0.3) is 0 Å². The largest absolute Gasteiger partial charge is 0.326 e. The quantitative estimate of drug-likeness (QED) is 0.796. The molecular formula is C12H18N2S. The van der Waals surface area contributed by atoms with Gasteiger partial charge in [-0.2, -0.15) is 0 Å². The Morgan fingerprint density at radius 3 is 3.07 bits per heavy atom. The summed E-state index contributed by atoms with van der Waals surface area (Å²) in [5.74, 6) is 1.14. The summed E-state index contributed by atoms with van der Waals surface area (Å²) in [4.78, 5) is 4.74. The average Bonchev–Trinajstić information content (AvgIpc) is 2.71. The molecule has 0 saturated carbocycles. The minimum Gasteiger partial charge on any atom is -0.326 e. The third kappa shape index (κ3) is 2.34. The van der Waals surface area contributed by atoms with E-state index in [1.807, 2.05) is 11.8 Å². The van der Waals surface area contributed by atoms with Gasteiger partial charge in [0.05, 0.1) is 0 Å². The molecule has 0 saturated heterocycles. The molecule has 2 N–H and O–H groups in total. The number of rotatable bonds is 4. The van der Waals surface area contributed by atoms with Gasteiger partial charge in [0, 0.05) is 12.2 Å². The van der Waals surface area contributed by atoms with Crippen LogP contribution in [0.2, 0.25) is 0 Å². The molecule has 0 bridgehead atoms. The first-order valence-electron chi connectivity index (χ1n) is 5.69. The number of nitrogens with zero attached hydrogens (tertiary/aromatic N) is 1. The van der Waals surface area contributed by atoms with Crippen molar-refractivity contribution in [3.63, 3.8) is 0 Å². The van der Waals surface area contributed by atoms with Gasteiger partial charge in [-0.15, -0.1) is 11.8 Å². The van der Waals surface area contributed by atoms with Gasteiger partial charge in [-0.1, -0.05) is 13.0 Å². The van der Waals surface area contributed by atoms with Gasteiger partial charge in [-0.05, 0) is 42.6 Å². The van der Waals surface area contributed by atoms with Gasteiger partial charge in [0.1, 0.15) is 5.03 Å². The molecule has 0 unspecified atom stereocenters. The Balaban J connectivity index is 2.27. The zero-order chi connectivity index (χ0) is 10.7. The van der Waals surface area contributed by atoms with Crippen LogP contribution in [0.15, 0.2) is 11.1 Å². The molecule has 0 atom stereocenters. The van der Waals surface area contributed by atoms with Crippen LogP contribution in [0.3, 0.4) is 0 Å². The highest BCUT2D eigenvalue weighted by Crippen LogP contribution is 2.28. The summed E-state index contributed by atoms with van der Waals surface area (Å²) in [6, 6.07) is 2.27. The van der Waals surface area contributed by atoms with E-state index in [2.05, 4.69) is 13.0 Å². The van der Waals surface area contributed by atoms with Crippen molar-refractivity contribution in [1.29, 1.82) is 0 Å². The summed E-state index contributed by atoms with van der Waals surface area (Å²) in [6.45, 7) is 2.81. The molecular weight excluding hydrogens is 204 g/mol. The summed E-state index contributed by atoms with van der Waals surface area (Å²) < 4.78 is 0. The van der Waals surface area contributed by atoms with E-state index in [1.165, 1.54) is 41.1 Å². The third-order valence-electron chi connectivity index (χ3n) is 2.75. The van der Waals surface area contributed by atoms with Crippen LogP contribution in [0.5, 0.6) is 0 Å². The van der Waals surface area contributed by atoms with Crippen LogP contribution in [0.1, 0.15) is 36.6 Å². The van der Waals surface area contributed by atoms with Gasteiger partial charge in [0.15, 0.2) is 0 Å². The summed E-state index contributed by atoms with van der Waals surface area (Å²) in [5.41, 5.74) is 9.73. The molecule has 0 aliphatic heterocycles. The molecule has 0 aromatic carbocycles. The molecule has 2 nitrogen and oxygen atoms in total. The summed E-state index contributed by atoms with van der Waals surface area (Å²) in [5, 5.41) is 1.17. The highest BCUT2D eigenvalue weighted by Gasteiger charge is 2.15. The highest BCUT2D eigenvalue weighted by molar-refractivity contribution is 7.99.